The van der Waals surface area contributed by atoms with Crippen molar-refractivity contribution in [2.75, 3.05) is 31.5 Å². The summed E-state index contributed by atoms with van der Waals surface area (Å²) < 4.78 is 15.6. The predicted molar refractivity (Wildman–Crippen MR) is 138 cm³/mol. The smallest absolute Gasteiger partial charge is 0.337 e. The third kappa shape index (κ3) is 7.44. The van der Waals surface area contributed by atoms with Crippen LogP contribution in [0.4, 0.5) is 11.4 Å². The van der Waals surface area contributed by atoms with Crippen molar-refractivity contribution >= 4 is 35.2 Å². The Balaban J connectivity index is 1.66. The van der Waals surface area contributed by atoms with E-state index in [4.69, 9.17) is 9.47 Å². The second-order valence-electron chi connectivity index (χ2n) is 7.81. The van der Waals surface area contributed by atoms with Crippen molar-refractivity contribution in [2.45, 2.75) is 6.92 Å². The summed E-state index contributed by atoms with van der Waals surface area (Å²) in [7, 11) is 2.72. The maximum atomic E-state index is 12.6. The summed E-state index contributed by atoms with van der Waals surface area (Å²) in [4.78, 5) is 36.4. The van der Waals surface area contributed by atoms with E-state index in [1.165, 1.54) is 44.6 Å². The molecule has 0 unspecified atom stereocenters. The lowest BCUT2D eigenvalue weighted by atomic mass is 10.1. The van der Waals surface area contributed by atoms with E-state index in [0.29, 0.717) is 34.0 Å². The number of ether oxygens (including phenoxy) is 3. The molecule has 0 aliphatic heterocycles. The van der Waals surface area contributed by atoms with Crippen LogP contribution in [0.3, 0.4) is 0 Å². The van der Waals surface area contributed by atoms with E-state index >= 15 is 0 Å². The fourth-order valence-corrected chi connectivity index (χ4v) is 3.28. The van der Waals surface area contributed by atoms with Gasteiger partial charge in [0.05, 0.1) is 19.8 Å². The van der Waals surface area contributed by atoms with E-state index in [0.717, 1.165) is 5.56 Å². The van der Waals surface area contributed by atoms with Gasteiger partial charge in [0, 0.05) is 11.4 Å². The molecule has 188 valence electrons. The molecule has 0 aliphatic carbocycles. The van der Waals surface area contributed by atoms with Crippen molar-refractivity contribution in [3.63, 3.8) is 0 Å². The maximum absolute atomic E-state index is 12.6. The van der Waals surface area contributed by atoms with Crippen LogP contribution in [0.25, 0.3) is 6.08 Å². The van der Waals surface area contributed by atoms with Crippen LogP contribution in [0.1, 0.15) is 21.5 Å². The fourth-order valence-electron chi connectivity index (χ4n) is 3.28. The molecule has 0 saturated heterocycles. The Morgan fingerprint density at radius 3 is 2.32 bits per heavy atom. The highest BCUT2D eigenvalue weighted by atomic mass is 16.5. The first-order valence-electron chi connectivity index (χ1n) is 11.1. The molecule has 0 heterocycles. The standard InChI is InChI=1S/C28H25N3O6/c1-18-5-4-6-23(13-18)30-26(32)17-37-24-12-7-19(15-25(24)35-2)14-21(16-29)27(33)31-22-10-8-20(9-11-22)28(34)36-3/h4-15H,17H2,1-3H3,(H,30,32)(H,31,33)/b21-14-. The molecule has 0 saturated carbocycles. The molecule has 2 amide bonds. The van der Waals surface area contributed by atoms with Crippen LogP contribution in [0, 0.1) is 18.3 Å². The lowest BCUT2D eigenvalue weighted by molar-refractivity contribution is -0.118. The number of esters is 1. The Morgan fingerprint density at radius 1 is 0.919 bits per heavy atom. The maximum Gasteiger partial charge on any atom is 0.337 e. The van der Waals surface area contributed by atoms with Gasteiger partial charge in [-0.1, -0.05) is 18.2 Å². The normalized spacial score (nSPS) is 10.6. The van der Waals surface area contributed by atoms with Crippen LogP contribution in [0.5, 0.6) is 11.5 Å². The van der Waals surface area contributed by atoms with Crippen LogP contribution in [0.15, 0.2) is 72.3 Å². The molecule has 3 rings (SSSR count). The first-order valence-corrected chi connectivity index (χ1v) is 11.1. The summed E-state index contributed by atoms with van der Waals surface area (Å²) >= 11 is 0. The van der Waals surface area contributed by atoms with Crippen molar-refractivity contribution in [2.24, 2.45) is 0 Å². The van der Waals surface area contributed by atoms with Crippen molar-refractivity contribution in [3.05, 3.63) is 89.0 Å². The van der Waals surface area contributed by atoms with Gasteiger partial charge in [0.1, 0.15) is 11.6 Å². The molecule has 37 heavy (non-hydrogen) atoms. The molecule has 3 aromatic rings. The number of aryl methyl sites for hydroxylation is 1. The zero-order chi connectivity index (χ0) is 26.8. The molecule has 9 nitrogen and oxygen atoms in total. The number of hydrogen-bond acceptors (Lipinski definition) is 7. The monoisotopic (exact) mass is 499 g/mol. The van der Waals surface area contributed by atoms with Gasteiger partial charge in [0.25, 0.3) is 11.8 Å². The average Bonchev–Trinajstić information content (AvgIpc) is 2.90. The van der Waals surface area contributed by atoms with E-state index in [2.05, 4.69) is 15.4 Å². The Bertz CT molecular complexity index is 1370. The number of amides is 2. The van der Waals surface area contributed by atoms with Crippen molar-refractivity contribution in [3.8, 4) is 17.6 Å². The van der Waals surface area contributed by atoms with E-state index in [9.17, 15) is 19.6 Å². The predicted octanol–water partition coefficient (Wildman–Crippen LogP) is 4.35. The van der Waals surface area contributed by atoms with Gasteiger partial charge < -0.3 is 24.8 Å². The minimum atomic E-state index is -0.625. The number of nitrogens with zero attached hydrogens (tertiary/aromatic N) is 1. The minimum absolute atomic E-state index is 0.148. The highest BCUT2D eigenvalue weighted by Crippen LogP contribution is 2.29. The van der Waals surface area contributed by atoms with Crippen LogP contribution >= 0.6 is 0 Å². The van der Waals surface area contributed by atoms with E-state index in [1.807, 2.05) is 31.2 Å². The Labute approximate surface area is 214 Å². The Hall–Kier alpha value is -5.10. The van der Waals surface area contributed by atoms with E-state index < -0.39 is 11.9 Å². The number of anilines is 2. The summed E-state index contributed by atoms with van der Waals surface area (Å²) in [6, 6.07) is 20.2. The van der Waals surface area contributed by atoms with Gasteiger partial charge in [-0.25, -0.2) is 4.79 Å². The van der Waals surface area contributed by atoms with E-state index in [-0.39, 0.29) is 18.1 Å². The Morgan fingerprint density at radius 2 is 1.68 bits per heavy atom. The summed E-state index contributed by atoms with van der Waals surface area (Å²) in [6.07, 6.45) is 1.40. The van der Waals surface area contributed by atoms with Gasteiger partial charge in [0.2, 0.25) is 0 Å². The SMILES string of the molecule is COC(=O)c1ccc(NC(=O)/C(C#N)=C\c2ccc(OCC(=O)Nc3cccc(C)c3)c(OC)c2)cc1. The number of methoxy groups -OCH3 is 2. The van der Waals surface area contributed by atoms with Crippen LogP contribution in [0.2, 0.25) is 0 Å². The van der Waals surface area contributed by atoms with Crippen LogP contribution in [-0.2, 0) is 14.3 Å². The lowest BCUT2D eigenvalue weighted by Crippen LogP contribution is -2.20. The second-order valence-corrected chi connectivity index (χ2v) is 7.81. The molecule has 0 spiro atoms. The number of carbonyl (C=O) groups is 3. The molecule has 0 radical (unpaired) electrons. The Kier molecular flexibility index (Phi) is 9.00. The molecule has 0 aliphatic rings. The van der Waals surface area contributed by atoms with Gasteiger partial charge in [-0.05, 0) is 72.7 Å². The molecular formula is C28H25N3O6. The van der Waals surface area contributed by atoms with Crippen LogP contribution < -0.4 is 20.1 Å². The summed E-state index contributed by atoms with van der Waals surface area (Å²) in [6.45, 7) is 1.69. The number of carbonyl (C=O) groups excluding carboxylic acids is 3. The number of nitriles is 1. The van der Waals surface area contributed by atoms with E-state index in [1.54, 1.807) is 24.3 Å². The summed E-state index contributed by atoms with van der Waals surface area (Å²) in [5.74, 6) is -0.801. The molecule has 0 bridgehead atoms. The second kappa shape index (κ2) is 12.6. The number of benzene rings is 3. The summed E-state index contributed by atoms with van der Waals surface area (Å²) in [5, 5.41) is 14.9. The summed E-state index contributed by atoms with van der Waals surface area (Å²) in [5.41, 5.74) is 2.79. The molecule has 0 aromatic heterocycles. The highest BCUT2D eigenvalue weighted by Gasteiger charge is 2.13. The zero-order valence-electron chi connectivity index (χ0n) is 20.5. The van der Waals surface area contributed by atoms with Gasteiger partial charge >= 0.3 is 5.97 Å². The topological polar surface area (TPSA) is 127 Å². The minimum Gasteiger partial charge on any atom is -0.493 e. The molecular weight excluding hydrogens is 474 g/mol. The van der Waals surface area contributed by atoms with Crippen molar-refractivity contribution < 1.29 is 28.6 Å². The quantitative estimate of drug-likeness (QED) is 0.255. The van der Waals surface area contributed by atoms with Gasteiger partial charge in [-0.15, -0.1) is 0 Å². The third-order valence-corrected chi connectivity index (χ3v) is 5.09. The van der Waals surface area contributed by atoms with Gasteiger partial charge in [0.15, 0.2) is 18.1 Å². The molecule has 0 fully saturated rings. The molecule has 9 heteroatoms. The van der Waals surface area contributed by atoms with Crippen LogP contribution in [-0.4, -0.2) is 38.6 Å². The fraction of sp³-hybridized carbons (Fsp3) is 0.143. The molecule has 0 atom stereocenters. The molecule has 3 aromatic carbocycles. The first kappa shape index (κ1) is 26.5. The highest BCUT2D eigenvalue weighted by molar-refractivity contribution is 6.09. The van der Waals surface area contributed by atoms with Crippen molar-refractivity contribution in [1.29, 1.82) is 5.26 Å². The first-order chi connectivity index (χ1) is 17.8. The largest absolute Gasteiger partial charge is 0.493 e. The lowest BCUT2D eigenvalue weighted by Gasteiger charge is -2.12. The van der Waals surface area contributed by atoms with Crippen molar-refractivity contribution in [1.82, 2.24) is 0 Å². The van der Waals surface area contributed by atoms with Gasteiger partial charge in [-0.3, -0.25) is 9.59 Å². The molecule has 2 N–H and O–H groups in total. The number of hydrogen-bond donors (Lipinski definition) is 2. The zero-order valence-corrected chi connectivity index (χ0v) is 20.5. The average molecular weight is 500 g/mol. The number of nitrogens with one attached hydrogen (secondary N) is 2. The van der Waals surface area contributed by atoms with Gasteiger partial charge in [-0.2, -0.15) is 5.26 Å². The number of rotatable bonds is 9. The third-order valence-electron chi connectivity index (χ3n) is 5.09.